The zero-order valence-electron chi connectivity index (χ0n) is 10.7. The first-order valence-electron chi connectivity index (χ1n) is 5.86. The van der Waals surface area contributed by atoms with Crippen LogP contribution in [0.15, 0.2) is 30.6 Å². The molecule has 0 saturated carbocycles. The molecule has 0 aliphatic carbocycles. The summed E-state index contributed by atoms with van der Waals surface area (Å²) in [6.45, 7) is 1.12. The second-order valence-corrected chi connectivity index (χ2v) is 4.43. The minimum absolute atomic E-state index is 0.0233. The number of ether oxygens (including phenoxy) is 1. The van der Waals surface area contributed by atoms with Crippen molar-refractivity contribution in [3.05, 3.63) is 30.6 Å². The van der Waals surface area contributed by atoms with E-state index in [1.165, 1.54) is 6.07 Å². The van der Waals surface area contributed by atoms with Crippen LogP contribution in [0.1, 0.15) is 19.9 Å². The maximum atomic E-state index is 12.3. The summed E-state index contributed by atoms with van der Waals surface area (Å²) in [5, 5.41) is 4.20. The third-order valence-corrected chi connectivity index (χ3v) is 2.69. The molecule has 0 spiro atoms. The van der Waals surface area contributed by atoms with Gasteiger partial charge in [-0.25, -0.2) is 0 Å². The van der Waals surface area contributed by atoms with Gasteiger partial charge in [-0.15, -0.1) is 0 Å². The van der Waals surface area contributed by atoms with Gasteiger partial charge in [-0.05, 0) is 31.5 Å². The summed E-state index contributed by atoms with van der Waals surface area (Å²) >= 11 is 0. The van der Waals surface area contributed by atoms with E-state index in [0.29, 0.717) is 0 Å². The molecule has 1 heterocycles. The van der Waals surface area contributed by atoms with Crippen LogP contribution >= 0.6 is 0 Å². The van der Waals surface area contributed by atoms with Crippen LogP contribution in [0, 0.1) is 0 Å². The summed E-state index contributed by atoms with van der Waals surface area (Å²) in [5.41, 5.74) is 7.33. The highest BCUT2D eigenvalue weighted by Crippen LogP contribution is 2.30. The minimum atomic E-state index is -2.89. The average molecular weight is 267 g/mol. The Morgan fingerprint density at radius 1 is 1.26 bits per heavy atom. The Labute approximate surface area is 109 Å². The number of alkyl halides is 2. The van der Waals surface area contributed by atoms with E-state index in [-0.39, 0.29) is 17.5 Å². The van der Waals surface area contributed by atoms with Crippen molar-refractivity contribution in [1.29, 1.82) is 0 Å². The Balaban J connectivity index is 2.33. The van der Waals surface area contributed by atoms with Crippen molar-refractivity contribution >= 4 is 5.69 Å². The Bertz CT molecular complexity index is 567. The molecule has 0 atom stereocenters. The van der Waals surface area contributed by atoms with Gasteiger partial charge in [0.15, 0.2) is 0 Å². The molecular weight excluding hydrogens is 252 g/mol. The fraction of sp³-hybridized carbons (Fsp3) is 0.308. The molecule has 6 heteroatoms. The van der Waals surface area contributed by atoms with Crippen molar-refractivity contribution in [3.63, 3.8) is 0 Å². The Kier molecular flexibility index (Phi) is 3.69. The van der Waals surface area contributed by atoms with Crippen molar-refractivity contribution in [2.45, 2.75) is 26.5 Å². The number of aromatic nitrogens is 2. The number of hydrogen-bond acceptors (Lipinski definition) is 3. The molecule has 0 amide bonds. The molecule has 0 fully saturated rings. The first-order chi connectivity index (χ1) is 8.97. The summed E-state index contributed by atoms with van der Waals surface area (Å²) in [6, 6.07) is 5.01. The molecule has 2 aromatic rings. The molecule has 1 aromatic heterocycles. The predicted molar refractivity (Wildman–Crippen MR) is 69.1 cm³/mol. The number of rotatable bonds is 4. The van der Waals surface area contributed by atoms with Gasteiger partial charge < -0.3 is 10.5 Å². The number of nitrogen functional groups attached to an aromatic ring is 1. The molecule has 0 saturated heterocycles. The lowest BCUT2D eigenvalue weighted by Crippen LogP contribution is -2.04. The third kappa shape index (κ3) is 3.01. The summed E-state index contributed by atoms with van der Waals surface area (Å²) < 4.78 is 30.7. The van der Waals surface area contributed by atoms with Crippen LogP contribution in [-0.4, -0.2) is 16.4 Å². The number of anilines is 1. The van der Waals surface area contributed by atoms with Gasteiger partial charge in [-0.2, -0.15) is 13.9 Å². The molecule has 0 unspecified atom stereocenters. The van der Waals surface area contributed by atoms with Gasteiger partial charge >= 0.3 is 6.61 Å². The smallest absolute Gasteiger partial charge is 0.387 e. The van der Waals surface area contributed by atoms with Gasteiger partial charge in [-0.3, -0.25) is 4.68 Å². The number of hydrogen-bond donors (Lipinski definition) is 1. The number of nitrogens with zero attached hydrogens (tertiary/aromatic N) is 2. The molecule has 2 N–H and O–H groups in total. The van der Waals surface area contributed by atoms with E-state index >= 15 is 0 Å². The first-order valence-corrected chi connectivity index (χ1v) is 5.86. The molecule has 0 aliphatic heterocycles. The quantitative estimate of drug-likeness (QED) is 0.864. The van der Waals surface area contributed by atoms with E-state index in [1.54, 1.807) is 23.0 Å². The van der Waals surface area contributed by atoms with E-state index in [1.807, 2.05) is 20.0 Å². The standard InChI is InChI=1S/C13H15F2N3O/c1-8(2)18-7-10(6-17-18)9-3-4-11(16)12(5-9)19-13(14)15/h3-8,13H,16H2,1-2H3. The van der Waals surface area contributed by atoms with E-state index in [2.05, 4.69) is 9.84 Å². The highest BCUT2D eigenvalue weighted by atomic mass is 19.3. The molecule has 2 rings (SSSR count). The van der Waals surface area contributed by atoms with Gasteiger partial charge in [0, 0.05) is 17.8 Å². The fourth-order valence-corrected chi connectivity index (χ4v) is 1.68. The lowest BCUT2D eigenvalue weighted by atomic mass is 10.1. The van der Waals surface area contributed by atoms with E-state index < -0.39 is 6.61 Å². The van der Waals surface area contributed by atoms with Gasteiger partial charge in [0.1, 0.15) is 5.75 Å². The van der Waals surface area contributed by atoms with Crippen molar-refractivity contribution in [3.8, 4) is 16.9 Å². The van der Waals surface area contributed by atoms with Crippen LogP contribution < -0.4 is 10.5 Å². The predicted octanol–water partition coefficient (Wildman–Crippen LogP) is 3.31. The zero-order chi connectivity index (χ0) is 14.0. The maximum absolute atomic E-state index is 12.3. The topological polar surface area (TPSA) is 53.1 Å². The minimum Gasteiger partial charge on any atom is -0.433 e. The second kappa shape index (κ2) is 5.26. The fourth-order valence-electron chi connectivity index (χ4n) is 1.68. The molecule has 1 aromatic carbocycles. The molecule has 0 radical (unpaired) electrons. The SMILES string of the molecule is CC(C)n1cc(-c2ccc(N)c(OC(F)F)c2)cn1. The first kappa shape index (κ1) is 13.3. The van der Waals surface area contributed by atoms with Gasteiger partial charge in [0.25, 0.3) is 0 Å². The largest absolute Gasteiger partial charge is 0.433 e. The molecule has 4 nitrogen and oxygen atoms in total. The highest BCUT2D eigenvalue weighted by molar-refractivity contribution is 5.68. The van der Waals surface area contributed by atoms with Gasteiger partial charge in [0.2, 0.25) is 0 Å². The molecule has 19 heavy (non-hydrogen) atoms. The van der Waals surface area contributed by atoms with E-state index in [4.69, 9.17) is 5.73 Å². The maximum Gasteiger partial charge on any atom is 0.387 e. The van der Waals surface area contributed by atoms with Crippen molar-refractivity contribution in [2.24, 2.45) is 0 Å². The Morgan fingerprint density at radius 2 is 2.00 bits per heavy atom. The highest BCUT2D eigenvalue weighted by Gasteiger charge is 2.11. The van der Waals surface area contributed by atoms with Crippen LogP contribution in [0.2, 0.25) is 0 Å². The lowest BCUT2D eigenvalue weighted by molar-refractivity contribution is -0.0492. The summed E-state index contributed by atoms with van der Waals surface area (Å²) in [4.78, 5) is 0. The van der Waals surface area contributed by atoms with Crippen LogP contribution in [0.5, 0.6) is 5.75 Å². The Hall–Kier alpha value is -2.11. The molecular formula is C13H15F2N3O. The van der Waals surface area contributed by atoms with Crippen molar-refractivity contribution in [2.75, 3.05) is 5.73 Å². The second-order valence-electron chi connectivity index (χ2n) is 4.43. The summed E-state index contributed by atoms with van der Waals surface area (Å²) in [5.74, 6) is -0.0233. The normalized spacial score (nSPS) is 11.3. The lowest BCUT2D eigenvalue weighted by Gasteiger charge is -2.09. The molecule has 0 bridgehead atoms. The zero-order valence-corrected chi connectivity index (χ0v) is 10.7. The monoisotopic (exact) mass is 267 g/mol. The average Bonchev–Trinajstić information content (AvgIpc) is 2.81. The van der Waals surface area contributed by atoms with Crippen LogP contribution in [0.3, 0.4) is 0 Å². The third-order valence-electron chi connectivity index (χ3n) is 2.69. The number of nitrogens with two attached hydrogens (primary N) is 1. The molecule has 102 valence electrons. The van der Waals surface area contributed by atoms with Gasteiger partial charge in [0.05, 0.1) is 11.9 Å². The van der Waals surface area contributed by atoms with E-state index in [9.17, 15) is 8.78 Å². The number of halogens is 2. The van der Waals surface area contributed by atoms with Gasteiger partial charge in [-0.1, -0.05) is 6.07 Å². The Morgan fingerprint density at radius 3 is 2.58 bits per heavy atom. The van der Waals surface area contributed by atoms with Crippen LogP contribution in [-0.2, 0) is 0 Å². The van der Waals surface area contributed by atoms with Crippen molar-refractivity contribution < 1.29 is 13.5 Å². The number of benzene rings is 1. The van der Waals surface area contributed by atoms with Crippen LogP contribution in [0.25, 0.3) is 11.1 Å². The summed E-state index contributed by atoms with van der Waals surface area (Å²) in [7, 11) is 0. The summed E-state index contributed by atoms with van der Waals surface area (Å²) in [6.07, 6.45) is 3.53. The van der Waals surface area contributed by atoms with Crippen LogP contribution in [0.4, 0.5) is 14.5 Å². The van der Waals surface area contributed by atoms with Crippen molar-refractivity contribution in [1.82, 2.24) is 9.78 Å². The van der Waals surface area contributed by atoms with E-state index in [0.717, 1.165) is 11.1 Å². The molecule has 0 aliphatic rings.